The molecule has 0 aliphatic carbocycles. The predicted octanol–water partition coefficient (Wildman–Crippen LogP) is -3.94. The number of unbranched alkanes of at least 4 members (excludes halogenated alkanes) is 1. The molecule has 3 heterocycles. The van der Waals surface area contributed by atoms with Crippen LogP contribution in [0.4, 0.5) is 0 Å². The van der Waals surface area contributed by atoms with Crippen molar-refractivity contribution in [3.8, 4) is 11.5 Å². The number of thioether (sulfide) groups is 1. The van der Waals surface area contributed by atoms with Gasteiger partial charge in [-0.15, -0.1) is 0 Å². The molecule has 0 radical (unpaired) electrons. The number of primary amides is 1. The van der Waals surface area contributed by atoms with E-state index in [2.05, 4.69) is 89.7 Å². The molecule has 2 aromatic heterocycles. The number of phenolic OH excluding ortho intramolecular Hbond substituents is 2. The fourth-order valence-electron chi connectivity index (χ4n) is 15.3. The summed E-state index contributed by atoms with van der Waals surface area (Å²) in [4.78, 5) is 270. The Labute approximate surface area is 831 Å². The molecule has 1 aliphatic rings. The Morgan fingerprint density at radius 1 is 0.438 bits per heavy atom. The summed E-state index contributed by atoms with van der Waals surface area (Å²) in [6, 6.07) is 3.33. The van der Waals surface area contributed by atoms with Crippen molar-refractivity contribution in [2.24, 2.45) is 34.6 Å². The first-order chi connectivity index (χ1) is 68.3. The highest BCUT2D eigenvalue weighted by Crippen LogP contribution is 2.26. The van der Waals surface area contributed by atoms with Gasteiger partial charge in [0, 0.05) is 99.3 Å². The quantitative estimate of drug-likeness (QED) is 0.00985. The minimum Gasteiger partial charge on any atom is -0.508 e. The lowest BCUT2D eigenvalue weighted by atomic mass is 10.0. The number of benzene rings is 4. The van der Waals surface area contributed by atoms with E-state index in [1.165, 1.54) is 65.2 Å². The summed E-state index contributed by atoms with van der Waals surface area (Å²) in [7, 11) is 0. The smallest absolute Gasteiger partial charge is 0.322 e. The average molecular weight is 2030 g/mol. The molecule has 0 saturated carbocycles. The number of phenols is 2. The second kappa shape index (κ2) is 59.8. The van der Waals surface area contributed by atoms with E-state index in [1.807, 2.05) is 0 Å². The Morgan fingerprint density at radius 2 is 0.826 bits per heavy atom. The summed E-state index contributed by atoms with van der Waals surface area (Å²) in [6.45, 7) is 3.17. The van der Waals surface area contributed by atoms with Crippen LogP contribution in [0.5, 0.6) is 11.5 Å². The number of hydrogen-bond acceptors (Lipinski definition) is 26. The number of nitrogens with two attached hydrogens (primary N) is 5. The predicted molar refractivity (Wildman–Crippen MR) is 525 cm³/mol. The van der Waals surface area contributed by atoms with Gasteiger partial charge in [0.1, 0.15) is 90.5 Å². The number of likely N-dealkylation sites (tertiary alicyclic amines) is 1. The van der Waals surface area contributed by atoms with Gasteiger partial charge in [0.25, 0.3) is 5.97 Å². The van der Waals surface area contributed by atoms with Gasteiger partial charge in [-0.05, 0) is 160 Å². The second-order valence-corrected chi connectivity index (χ2v) is 35.5. The lowest BCUT2D eigenvalue weighted by molar-refractivity contribution is -0.142. The van der Waals surface area contributed by atoms with E-state index in [0.29, 0.717) is 38.5 Å². The van der Waals surface area contributed by atoms with Crippen molar-refractivity contribution < 1.29 is 122 Å². The highest BCUT2D eigenvalue weighted by molar-refractivity contribution is 7.98. The van der Waals surface area contributed by atoms with Gasteiger partial charge in [-0.2, -0.15) is 11.8 Å². The SMILES string of the molecule is CC(=O)O.CSCC[C@H](NC(=O)[C@H](Cc1c[nH]c2ccccc12)NC(=O)[C@H](Cc1c[nH]c2ccccc12)NC(=O)[C@H](CCC(=O)O)NC(=O)[C@@H]1CCCN1C(=O)[C@H](CCCNC(=N)N)NC(=O)CNC(=O)[C@@H](N)C(C)C)C(=O)N[C@@H](CC(=O)O)C(=O)N[C@@H](Cc1ccc(O)cc1)C(=O)N[C@@H](CCC(N)=O)C(=O)N[C@@H](CCCCN)C(=O)N[C@@H](CCCNC(=N)N)C(=O)N[C@@H](Cc1ccc(O)cc1)C(=O)NCC(=O)O. The van der Waals surface area contributed by atoms with Crippen molar-refractivity contribution in [3.63, 3.8) is 0 Å². The zero-order valence-corrected chi connectivity index (χ0v) is 80.9. The first kappa shape index (κ1) is 117. The lowest BCUT2D eigenvalue weighted by Crippen LogP contribution is -2.61. The van der Waals surface area contributed by atoms with Crippen LogP contribution in [0.3, 0.4) is 0 Å². The molecular formula is C93H131N25O25S. The summed E-state index contributed by atoms with van der Waals surface area (Å²) in [6.07, 6.45) is -0.414. The van der Waals surface area contributed by atoms with E-state index in [1.54, 1.807) is 81.0 Å². The molecule has 35 N–H and O–H groups in total. The Morgan fingerprint density at radius 3 is 1.26 bits per heavy atom. The number of amides is 15. The number of aromatic amines is 2. The normalized spacial score (nSPS) is 14.5. The Balaban J connectivity index is 0.00000777. The van der Waals surface area contributed by atoms with Crippen molar-refractivity contribution in [2.75, 3.05) is 51.3 Å². The molecule has 6 aromatic rings. The molecule has 7 rings (SSSR count). The van der Waals surface area contributed by atoms with Gasteiger partial charge in [0.2, 0.25) is 88.6 Å². The molecule has 1 aliphatic heterocycles. The zero-order valence-electron chi connectivity index (χ0n) is 80.0. The maximum Gasteiger partial charge on any atom is 0.322 e. The first-order valence-electron chi connectivity index (χ1n) is 46.4. The summed E-state index contributed by atoms with van der Waals surface area (Å²) >= 11 is 1.19. The van der Waals surface area contributed by atoms with Crippen LogP contribution in [0.1, 0.15) is 139 Å². The number of fused-ring (bicyclic) bond motifs is 2. The number of carbonyl (C=O) groups excluding carboxylic acids is 15. The molecule has 50 nitrogen and oxygen atoms in total. The average Bonchev–Trinajstić information content (AvgIpc) is 1.66. The summed E-state index contributed by atoms with van der Waals surface area (Å²) in [5, 5.41) is 112. The van der Waals surface area contributed by atoms with E-state index in [-0.39, 0.29) is 144 Å². The minimum atomic E-state index is -2.13. The molecule has 144 heavy (non-hydrogen) atoms. The zero-order chi connectivity index (χ0) is 106. The van der Waals surface area contributed by atoms with Gasteiger partial charge in [0.15, 0.2) is 11.9 Å². The molecule has 0 spiro atoms. The summed E-state index contributed by atoms with van der Waals surface area (Å²) in [5.41, 5.74) is 31.1. The maximum absolute atomic E-state index is 15.6. The van der Waals surface area contributed by atoms with E-state index in [9.17, 15) is 87.9 Å². The maximum atomic E-state index is 15.6. The number of nitrogens with one attached hydrogen (secondary N) is 19. The third-order valence-corrected chi connectivity index (χ3v) is 23.5. The first-order valence-corrected chi connectivity index (χ1v) is 47.8. The Hall–Kier alpha value is -15.7. The number of aromatic hydroxyl groups is 2. The molecule has 1 saturated heterocycles. The summed E-state index contributed by atoms with van der Waals surface area (Å²) in [5.74, 6) is -22.0. The number of H-pyrrole nitrogens is 2. The second-order valence-electron chi connectivity index (χ2n) is 34.5. The van der Waals surface area contributed by atoms with E-state index in [0.717, 1.165) is 6.92 Å². The highest BCUT2D eigenvalue weighted by atomic mass is 32.2. The van der Waals surface area contributed by atoms with Crippen molar-refractivity contribution in [2.45, 2.75) is 221 Å². The van der Waals surface area contributed by atoms with Crippen LogP contribution in [-0.4, -0.2) is 300 Å². The van der Waals surface area contributed by atoms with Crippen LogP contribution in [0.2, 0.25) is 0 Å². The van der Waals surface area contributed by atoms with Crippen molar-refractivity contribution >= 4 is 158 Å². The number of para-hydroxylation sites is 2. The lowest BCUT2D eigenvalue weighted by Gasteiger charge is -2.30. The van der Waals surface area contributed by atoms with Crippen LogP contribution in [0.15, 0.2) is 109 Å². The molecule has 0 unspecified atom stereocenters. The molecule has 4 aromatic carbocycles. The van der Waals surface area contributed by atoms with E-state index >= 15 is 24.0 Å². The van der Waals surface area contributed by atoms with E-state index in [4.69, 9.17) is 49.4 Å². The number of guanidine groups is 2. The Bertz CT molecular complexity index is 5470. The third-order valence-electron chi connectivity index (χ3n) is 22.8. The molecule has 15 amide bonds. The van der Waals surface area contributed by atoms with E-state index < -0.39 is 249 Å². The molecule has 0 bridgehead atoms. The van der Waals surface area contributed by atoms with Crippen molar-refractivity contribution in [3.05, 3.63) is 132 Å². The number of carbonyl (C=O) groups is 19. The van der Waals surface area contributed by atoms with Crippen molar-refractivity contribution in [1.29, 1.82) is 10.8 Å². The summed E-state index contributed by atoms with van der Waals surface area (Å²) < 4.78 is 0. The third kappa shape index (κ3) is 40.5. The van der Waals surface area contributed by atoms with Gasteiger partial charge in [-0.1, -0.05) is 74.5 Å². The van der Waals surface area contributed by atoms with Gasteiger partial charge < -0.3 is 154 Å². The number of hydrogen-bond donors (Lipinski definition) is 30. The fraction of sp³-hybridized carbons (Fsp3) is 0.473. The van der Waals surface area contributed by atoms with Gasteiger partial charge in [-0.3, -0.25) is 102 Å². The number of nitrogens with zero attached hydrogens (tertiary/aromatic N) is 1. The molecular weight excluding hydrogens is 1900 g/mol. The number of aromatic nitrogens is 2. The topological polar surface area (TPSA) is 839 Å². The number of carboxylic acid groups (broad SMARTS) is 4. The molecule has 51 heteroatoms. The van der Waals surface area contributed by atoms with Gasteiger partial charge >= 0.3 is 17.9 Å². The highest BCUT2D eigenvalue weighted by Gasteiger charge is 2.42. The number of carboxylic acids is 4. The minimum absolute atomic E-state index is 0.0138. The van der Waals surface area contributed by atoms with Gasteiger partial charge in [-0.25, -0.2) is 0 Å². The number of rotatable bonds is 60. The van der Waals surface area contributed by atoms with Crippen LogP contribution >= 0.6 is 11.8 Å². The van der Waals surface area contributed by atoms with Crippen LogP contribution in [-0.2, 0) is 117 Å². The largest absolute Gasteiger partial charge is 0.508 e. The van der Waals surface area contributed by atoms with Gasteiger partial charge in [0.05, 0.1) is 19.0 Å². The standard InChI is InChI=1S/C91H127N25O23S.C2H4O2/c1-48(2)76(94)88(138)103-46-72(120)105-64(19-11-36-100-91(97)98)89(139)116-37-12-20-70(116)87(137)110-62(30-32-73(121)122)81(131)113-68(42-52-45-102-58-16-7-5-14-56(52)58)85(135)114-67(41-51-44-101-57-15-6-4-13-55(51)57)84(134)109-63(33-38-140-3)82(132)115-69(43-74(123)124)86(136)112-66(40-50-23-27-54(118)28-24-50)83(133)108-61(29-31-71(93)119)80(130)106-59(17-8-9-34-92)78(128)107-60(18-10-35-99-90(95)96)79(129)111-65(77(127)104-47-75(125)126)39-49-21-25-53(117)26-22-49;1-2(3)4/h4-7,13-16,21-28,44-45,48,59-70,76,101-102,117-118H,8-12,17-20,29-43,46-47,92,94H2,1-3H3,(H2,93,119)(H,103,138)(H,104,127)(H,105,120)(H,106,130)(H,107,128)(H,108,133)(H,109,134)(H,110,137)(H,111,129)(H,112,136)(H,113,131)(H,114,135)(H,115,132)(H,121,122)(H,123,124)(H,125,126)(H4,95,96,99)(H4,97,98,100);1H3,(H,3,4)/t59-,60-,61-,62-,63-,64-,65-,66-,67-,68-,69-,70-,76-;/m0./s1. The molecule has 1 fully saturated rings. The fourth-order valence-corrected chi connectivity index (χ4v) is 15.8. The van der Waals surface area contributed by atoms with Crippen LogP contribution in [0.25, 0.3) is 21.8 Å². The Kier molecular flexibility index (Phi) is 48.6. The van der Waals surface area contributed by atoms with Crippen LogP contribution < -0.4 is 108 Å². The molecule has 784 valence electrons. The molecule has 13 atom stereocenters. The monoisotopic (exact) mass is 2030 g/mol. The van der Waals surface area contributed by atoms with Crippen molar-refractivity contribution in [1.82, 2.24) is 94.6 Å². The number of aliphatic carboxylic acids is 4. The van der Waals surface area contributed by atoms with Crippen LogP contribution in [0, 0.1) is 16.7 Å².